The minimum absolute atomic E-state index is 0.108. The van der Waals surface area contributed by atoms with E-state index < -0.39 is 0 Å². The minimum atomic E-state index is 0.108. The summed E-state index contributed by atoms with van der Waals surface area (Å²) in [7, 11) is 0. The number of rotatable bonds is 3. The molecule has 1 aromatic heterocycles. The summed E-state index contributed by atoms with van der Waals surface area (Å²) < 4.78 is 0. The first-order valence-electron chi connectivity index (χ1n) is 9.77. The number of hydrogen-bond donors (Lipinski definition) is 0. The van der Waals surface area contributed by atoms with Crippen LogP contribution in [0, 0.1) is 13.8 Å². The number of amides is 1. The summed E-state index contributed by atoms with van der Waals surface area (Å²) in [5.74, 6) is 0.160. The Kier molecular flexibility index (Phi) is 6.02. The molecule has 0 saturated carbocycles. The molecular formula is C22H31N3OS. The first kappa shape index (κ1) is 20.0. The SMILES string of the molecule is Cc1cc(C)cc(C(=O)N2CCCN(Cc3csc(C(C)(C)C)n3)CC2)c1. The van der Waals surface area contributed by atoms with Crippen LogP contribution in [0.25, 0.3) is 0 Å². The zero-order valence-corrected chi connectivity index (χ0v) is 18.0. The molecule has 2 heterocycles. The molecule has 1 aliphatic heterocycles. The summed E-state index contributed by atoms with van der Waals surface area (Å²) in [6.07, 6.45) is 1.01. The average molecular weight is 386 g/mol. The molecule has 4 nitrogen and oxygen atoms in total. The maximum absolute atomic E-state index is 12.9. The van der Waals surface area contributed by atoms with Crippen molar-refractivity contribution in [3.8, 4) is 0 Å². The summed E-state index contributed by atoms with van der Waals surface area (Å²) in [5, 5.41) is 3.38. The van der Waals surface area contributed by atoms with E-state index >= 15 is 0 Å². The maximum Gasteiger partial charge on any atom is 0.253 e. The largest absolute Gasteiger partial charge is 0.337 e. The molecule has 0 unspecified atom stereocenters. The molecule has 1 aliphatic rings. The van der Waals surface area contributed by atoms with Crippen LogP contribution in [0.1, 0.15) is 59.4 Å². The van der Waals surface area contributed by atoms with E-state index in [4.69, 9.17) is 4.98 Å². The van der Waals surface area contributed by atoms with Crippen LogP contribution in [-0.4, -0.2) is 46.9 Å². The van der Waals surface area contributed by atoms with Crippen LogP contribution in [-0.2, 0) is 12.0 Å². The van der Waals surface area contributed by atoms with Crippen molar-refractivity contribution in [2.45, 2.75) is 53.0 Å². The van der Waals surface area contributed by atoms with Gasteiger partial charge in [0.15, 0.2) is 0 Å². The van der Waals surface area contributed by atoms with Gasteiger partial charge in [-0.1, -0.05) is 38.0 Å². The Morgan fingerprint density at radius 1 is 1.07 bits per heavy atom. The molecule has 0 spiro atoms. The smallest absolute Gasteiger partial charge is 0.253 e. The molecule has 1 amide bonds. The molecule has 0 aliphatic carbocycles. The first-order chi connectivity index (χ1) is 12.7. The summed E-state index contributed by atoms with van der Waals surface area (Å²) in [6, 6.07) is 6.11. The van der Waals surface area contributed by atoms with Gasteiger partial charge in [0, 0.05) is 49.1 Å². The van der Waals surface area contributed by atoms with Gasteiger partial charge >= 0.3 is 0 Å². The fraction of sp³-hybridized carbons (Fsp3) is 0.545. The molecule has 1 saturated heterocycles. The Labute approximate surface area is 167 Å². The van der Waals surface area contributed by atoms with Crippen molar-refractivity contribution in [3.63, 3.8) is 0 Å². The molecule has 2 aromatic rings. The molecule has 0 radical (unpaired) electrons. The van der Waals surface area contributed by atoms with Crippen LogP contribution in [0.3, 0.4) is 0 Å². The lowest BCUT2D eigenvalue weighted by atomic mass is 9.98. The van der Waals surface area contributed by atoms with Gasteiger partial charge in [-0.3, -0.25) is 9.69 Å². The van der Waals surface area contributed by atoms with E-state index in [2.05, 4.69) is 37.1 Å². The number of thiazole rings is 1. The van der Waals surface area contributed by atoms with Gasteiger partial charge in [0.05, 0.1) is 10.7 Å². The van der Waals surface area contributed by atoms with Gasteiger partial charge in [0.25, 0.3) is 5.91 Å². The van der Waals surface area contributed by atoms with Crippen LogP contribution in [0.2, 0.25) is 0 Å². The van der Waals surface area contributed by atoms with Gasteiger partial charge in [-0.15, -0.1) is 11.3 Å². The van der Waals surface area contributed by atoms with E-state index in [1.54, 1.807) is 11.3 Å². The Hall–Kier alpha value is -1.72. The summed E-state index contributed by atoms with van der Waals surface area (Å²) in [5.41, 5.74) is 4.37. The fourth-order valence-electron chi connectivity index (χ4n) is 3.57. The monoisotopic (exact) mass is 385 g/mol. The molecule has 146 valence electrons. The van der Waals surface area contributed by atoms with Gasteiger partial charge < -0.3 is 4.90 Å². The van der Waals surface area contributed by atoms with Gasteiger partial charge in [-0.2, -0.15) is 0 Å². The highest BCUT2D eigenvalue weighted by molar-refractivity contribution is 7.09. The summed E-state index contributed by atoms with van der Waals surface area (Å²) in [4.78, 5) is 22.2. The molecule has 3 rings (SSSR count). The molecular weight excluding hydrogens is 354 g/mol. The van der Waals surface area contributed by atoms with Crippen molar-refractivity contribution in [1.29, 1.82) is 0 Å². The third-order valence-corrected chi connectivity index (χ3v) is 6.24. The number of aryl methyl sites for hydroxylation is 2. The van der Waals surface area contributed by atoms with Crippen LogP contribution in [0.4, 0.5) is 0 Å². The van der Waals surface area contributed by atoms with Crippen molar-refractivity contribution >= 4 is 17.2 Å². The van der Waals surface area contributed by atoms with E-state index in [0.717, 1.165) is 61.5 Å². The zero-order valence-electron chi connectivity index (χ0n) is 17.2. The predicted molar refractivity (Wildman–Crippen MR) is 113 cm³/mol. The van der Waals surface area contributed by atoms with E-state index in [-0.39, 0.29) is 11.3 Å². The Bertz CT molecular complexity index is 786. The van der Waals surface area contributed by atoms with E-state index in [1.165, 1.54) is 5.01 Å². The fourth-order valence-corrected chi connectivity index (χ4v) is 4.46. The third kappa shape index (κ3) is 5.17. The lowest BCUT2D eigenvalue weighted by Crippen LogP contribution is -2.35. The van der Waals surface area contributed by atoms with Crippen LogP contribution < -0.4 is 0 Å². The lowest BCUT2D eigenvalue weighted by Gasteiger charge is -2.22. The molecule has 1 fully saturated rings. The highest BCUT2D eigenvalue weighted by Gasteiger charge is 2.22. The maximum atomic E-state index is 12.9. The average Bonchev–Trinajstić information content (AvgIpc) is 2.93. The van der Waals surface area contributed by atoms with Crippen molar-refractivity contribution in [1.82, 2.24) is 14.8 Å². The second-order valence-electron chi connectivity index (χ2n) is 8.69. The molecule has 27 heavy (non-hydrogen) atoms. The van der Waals surface area contributed by atoms with Crippen molar-refractivity contribution < 1.29 is 4.79 Å². The van der Waals surface area contributed by atoms with Crippen molar-refractivity contribution in [3.05, 3.63) is 51.0 Å². The van der Waals surface area contributed by atoms with Gasteiger partial charge in [0.1, 0.15) is 0 Å². The van der Waals surface area contributed by atoms with Crippen LogP contribution in [0.5, 0.6) is 0 Å². The molecule has 1 aromatic carbocycles. The number of benzene rings is 1. The second kappa shape index (κ2) is 8.11. The summed E-state index contributed by atoms with van der Waals surface area (Å²) >= 11 is 1.75. The lowest BCUT2D eigenvalue weighted by molar-refractivity contribution is 0.0761. The standard InChI is InChI=1S/C22H31N3OS/c1-16-11-17(2)13-18(12-16)20(26)25-8-6-7-24(9-10-25)14-19-15-27-21(23-19)22(3,4)5/h11-13,15H,6-10,14H2,1-5H3. The van der Waals surface area contributed by atoms with E-state index in [1.807, 2.05) is 30.9 Å². The number of nitrogens with zero attached hydrogens (tertiary/aromatic N) is 3. The highest BCUT2D eigenvalue weighted by atomic mass is 32.1. The molecule has 5 heteroatoms. The topological polar surface area (TPSA) is 36.4 Å². The Balaban J connectivity index is 1.61. The normalized spacial score (nSPS) is 16.4. The minimum Gasteiger partial charge on any atom is -0.337 e. The molecule has 0 bridgehead atoms. The summed E-state index contributed by atoms with van der Waals surface area (Å²) in [6.45, 7) is 15.1. The Morgan fingerprint density at radius 3 is 2.41 bits per heavy atom. The predicted octanol–water partition coefficient (Wildman–Crippen LogP) is 4.41. The second-order valence-corrected chi connectivity index (χ2v) is 9.55. The molecule has 0 N–H and O–H groups in total. The van der Waals surface area contributed by atoms with Crippen molar-refractivity contribution in [2.24, 2.45) is 0 Å². The highest BCUT2D eigenvalue weighted by Crippen LogP contribution is 2.26. The molecule has 0 atom stereocenters. The number of hydrogen-bond acceptors (Lipinski definition) is 4. The van der Waals surface area contributed by atoms with Crippen LogP contribution in [0.15, 0.2) is 23.6 Å². The number of carbonyl (C=O) groups excluding carboxylic acids is 1. The quantitative estimate of drug-likeness (QED) is 0.785. The number of carbonyl (C=O) groups is 1. The zero-order chi connectivity index (χ0) is 19.6. The number of aromatic nitrogens is 1. The van der Waals surface area contributed by atoms with E-state index in [9.17, 15) is 4.79 Å². The Morgan fingerprint density at radius 2 is 1.78 bits per heavy atom. The third-order valence-electron chi connectivity index (χ3n) is 4.92. The van der Waals surface area contributed by atoms with Gasteiger partial charge in [-0.05, 0) is 32.4 Å². The van der Waals surface area contributed by atoms with Gasteiger partial charge in [-0.25, -0.2) is 4.98 Å². The van der Waals surface area contributed by atoms with Crippen LogP contribution >= 0.6 is 11.3 Å². The van der Waals surface area contributed by atoms with E-state index in [0.29, 0.717) is 0 Å². The first-order valence-corrected chi connectivity index (χ1v) is 10.6. The van der Waals surface area contributed by atoms with Crippen molar-refractivity contribution in [2.75, 3.05) is 26.2 Å². The van der Waals surface area contributed by atoms with Gasteiger partial charge in [0.2, 0.25) is 0 Å².